The summed E-state index contributed by atoms with van der Waals surface area (Å²) >= 11 is 11.2. The summed E-state index contributed by atoms with van der Waals surface area (Å²) in [6, 6.07) is 2.28. The molecule has 1 aromatic carbocycles. The highest BCUT2D eigenvalue weighted by atomic mass is 35.5. The molecule has 0 spiro atoms. The lowest BCUT2D eigenvalue weighted by Crippen LogP contribution is -2.23. The Labute approximate surface area is 118 Å². The monoisotopic (exact) mass is 323 g/mol. The number of benzene rings is 1. The van der Waals surface area contributed by atoms with Gasteiger partial charge < -0.3 is 0 Å². The first-order valence-corrected chi connectivity index (χ1v) is 7.26. The molecule has 1 aromatic heterocycles. The van der Waals surface area contributed by atoms with E-state index < -0.39 is 20.9 Å². The third-order valence-electron chi connectivity index (χ3n) is 2.31. The molecule has 0 amide bonds. The molecule has 0 bridgehead atoms. The Morgan fingerprint density at radius 1 is 1.37 bits per heavy atom. The Bertz CT molecular complexity index is 689. The fourth-order valence-corrected chi connectivity index (χ4v) is 3.11. The van der Waals surface area contributed by atoms with Crippen LogP contribution in [0.2, 0.25) is 10.0 Å². The maximum atomic E-state index is 13.5. The molecule has 0 aliphatic heterocycles. The minimum absolute atomic E-state index is 0.0133. The highest BCUT2D eigenvalue weighted by molar-refractivity contribution is 7.89. The van der Waals surface area contributed by atoms with Crippen molar-refractivity contribution in [3.63, 3.8) is 0 Å². The average molecular weight is 324 g/mol. The molecule has 0 fully saturated rings. The topological polar surface area (TPSA) is 74.8 Å². The van der Waals surface area contributed by atoms with E-state index in [0.717, 1.165) is 12.1 Å². The summed E-state index contributed by atoms with van der Waals surface area (Å²) in [6.07, 6.45) is 3.00. The Morgan fingerprint density at radius 3 is 2.74 bits per heavy atom. The number of halogens is 3. The van der Waals surface area contributed by atoms with E-state index in [2.05, 4.69) is 14.9 Å². The predicted octanol–water partition coefficient (Wildman–Crippen LogP) is 2.33. The van der Waals surface area contributed by atoms with Gasteiger partial charge in [0.15, 0.2) is 5.82 Å². The van der Waals surface area contributed by atoms with Crippen molar-refractivity contribution in [3.8, 4) is 0 Å². The summed E-state index contributed by atoms with van der Waals surface area (Å²) in [6.45, 7) is 0.0133. The van der Waals surface area contributed by atoms with Gasteiger partial charge in [-0.05, 0) is 12.1 Å². The molecule has 0 radical (unpaired) electrons. The first-order chi connectivity index (χ1) is 8.92. The van der Waals surface area contributed by atoms with Crippen molar-refractivity contribution in [2.45, 2.75) is 11.4 Å². The van der Waals surface area contributed by atoms with Crippen LogP contribution < -0.4 is 4.72 Å². The van der Waals surface area contributed by atoms with Crippen LogP contribution in [0.3, 0.4) is 0 Å². The largest absolute Gasteiger partial charge is 0.285 e. The number of nitrogens with zero attached hydrogens (tertiary/aromatic N) is 1. The van der Waals surface area contributed by atoms with Crippen LogP contribution >= 0.6 is 23.2 Å². The molecule has 1 heterocycles. The van der Waals surface area contributed by atoms with Crippen molar-refractivity contribution in [1.82, 2.24) is 14.9 Å². The van der Waals surface area contributed by atoms with Crippen LogP contribution in [0, 0.1) is 5.82 Å². The van der Waals surface area contributed by atoms with E-state index in [1.54, 1.807) is 0 Å². The van der Waals surface area contributed by atoms with Crippen LogP contribution in [0.15, 0.2) is 29.4 Å². The number of hydrogen-bond acceptors (Lipinski definition) is 3. The van der Waals surface area contributed by atoms with Gasteiger partial charge in [-0.3, -0.25) is 5.10 Å². The zero-order valence-corrected chi connectivity index (χ0v) is 11.7. The maximum absolute atomic E-state index is 13.5. The lowest BCUT2D eigenvalue weighted by atomic mass is 10.3. The van der Waals surface area contributed by atoms with Gasteiger partial charge in [0.25, 0.3) is 0 Å². The van der Waals surface area contributed by atoms with Crippen LogP contribution in [0.4, 0.5) is 4.39 Å². The molecule has 5 nitrogen and oxygen atoms in total. The standard InChI is InChI=1S/C10H8Cl2FN3O2S/c11-7-1-2-8(9(12)10(7)13)19(17,18)16-5-6-3-14-15-4-6/h1-4,16H,5H2,(H,14,15). The summed E-state index contributed by atoms with van der Waals surface area (Å²) in [5.41, 5.74) is 0.633. The van der Waals surface area contributed by atoms with Gasteiger partial charge in [-0.25, -0.2) is 17.5 Å². The number of aromatic amines is 1. The van der Waals surface area contributed by atoms with Crippen molar-refractivity contribution < 1.29 is 12.8 Å². The molecule has 2 N–H and O–H groups in total. The first kappa shape index (κ1) is 14.3. The van der Waals surface area contributed by atoms with E-state index in [0.29, 0.717) is 5.56 Å². The van der Waals surface area contributed by atoms with Crippen LogP contribution in [-0.4, -0.2) is 18.6 Å². The summed E-state index contributed by atoms with van der Waals surface area (Å²) in [4.78, 5) is -0.362. The van der Waals surface area contributed by atoms with Crippen LogP contribution in [0.1, 0.15) is 5.56 Å². The zero-order valence-electron chi connectivity index (χ0n) is 9.32. The van der Waals surface area contributed by atoms with Gasteiger partial charge in [0.05, 0.1) is 16.2 Å². The number of aromatic nitrogens is 2. The number of nitrogens with one attached hydrogen (secondary N) is 2. The Kier molecular flexibility index (Phi) is 4.10. The smallest absolute Gasteiger partial charge is 0.242 e. The molecule has 0 saturated heterocycles. The number of hydrogen-bond donors (Lipinski definition) is 2. The van der Waals surface area contributed by atoms with E-state index in [9.17, 15) is 12.8 Å². The lowest BCUT2D eigenvalue weighted by molar-refractivity contribution is 0.577. The second kappa shape index (κ2) is 5.46. The molecule has 0 unspecified atom stereocenters. The molecular weight excluding hydrogens is 316 g/mol. The average Bonchev–Trinajstić information content (AvgIpc) is 2.86. The summed E-state index contributed by atoms with van der Waals surface area (Å²) in [5.74, 6) is -0.963. The fourth-order valence-electron chi connectivity index (χ4n) is 1.35. The van der Waals surface area contributed by atoms with Crippen molar-refractivity contribution in [3.05, 3.63) is 46.0 Å². The Morgan fingerprint density at radius 2 is 2.11 bits per heavy atom. The lowest BCUT2D eigenvalue weighted by Gasteiger charge is -2.08. The van der Waals surface area contributed by atoms with Crippen molar-refractivity contribution in [1.29, 1.82) is 0 Å². The number of rotatable bonds is 4. The maximum Gasteiger partial charge on any atom is 0.242 e. The van der Waals surface area contributed by atoms with Crippen molar-refractivity contribution in [2.75, 3.05) is 0 Å². The van der Waals surface area contributed by atoms with E-state index in [1.807, 2.05) is 0 Å². The highest BCUT2D eigenvalue weighted by Crippen LogP contribution is 2.29. The molecule has 19 heavy (non-hydrogen) atoms. The summed E-state index contributed by atoms with van der Waals surface area (Å²) in [7, 11) is -3.93. The molecule has 9 heteroatoms. The molecule has 2 aromatic rings. The van der Waals surface area contributed by atoms with Gasteiger partial charge >= 0.3 is 0 Å². The fraction of sp³-hybridized carbons (Fsp3) is 0.100. The van der Waals surface area contributed by atoms with Crippen LogP contribution in [-0.2, 0) is 16.6 Å². The predicted molar refractivity (Wildman–Crippen MR) is 69.0 cm³/mol. The van der Waals surface area contributed by atoms with E-state index in [1.165, 1.54) is 12.4 Å². The van der Waals surface area contributed by atoms with Crippen molar-refractivity contribution in [2.24, 2.45) is 0 Å². The summed E-state index contributed by atoms with van der Waals surface area (Å²) < 4.78 is 39.7. The van der Waals surface area contributed by atoms with Gasteiger partial charge in [0, 0.05) is 18.3 Å². The quantitative estimate of drug-likeness (QED) is 0.848. The zero-order chi connectivity index (χ0) is 14.0. The highest BCUT2D eigenvalue weighted by Gasteiger charge is 2.21. The van der Waals surface area contributed by atoms with Crippen LogP contribution in [0.25, 0.3) is 0 Å². The second-order valence-electron chi connectivity index (χ2n) is 3.60. The van der Waals surface area contributed by atoms with Gasteiger partial charge in [-0.15, -0.1) is 0 Å². The molecule has 102 valence electrons. The number of H-pyrrole nitrogens is 1. The Balaban J connectivity index is 2.27. The van der Waals surface area contributed by atoms with Crippen molar-refractivity contribution >= 4 is 33.2 Å². The minimum Gasteiger partial charge on any atom is -0.285 e. The number of sulfonamides is 1. The van der Waals surface area contributed by atoms with Gasteiger partial charge in [0.1, 0.15) is 4.90 Å². The first-order valence-electron chi connectivity index (χ1n) is 5.02. The molecule has 2 rings (SSSR count). The molecule has 0 aliphatic rings. The SMILES string of the molecule is O=S(=O)(NCc1cn[nH]c1)c1ccc(Cl)c(F)c1Cl. The van der Waals surface area contributed by atoms with E-state index in [4.69, 9.17) is 23.2 Å². The van der Waals surface area contributed by atoms with Crippen LogP contribution in [0.5, 0.6) is 0 Å². The van der Waals surface area contributed by atoms with Gasteiger partial charge in [0.2, 0.25) is 10.0 Å². The molecular formula is C10H8Cl2FN3O2S. The molecule has 0 atom stereocenters. The third-order valence-corrected chi connectivity index (χ3v) is 4.53. The Hall–Kier alpha value is -1.15. The normalized spacial score (nSPS) is 11.7. The van der Waals surface area contributed by atoms with Gasteiger partial charge in [-0.1, -0.05) is 23.2 Å². The minimum atomic E-state index is -3.93. The molecule has 0 aliphatic carbocycles. The van der Waals surface area contributed by atoms with Gasteiger partial charge in [-0.2, -0.15) is 5.10 Å². The van der Waals surface area contributed by atoms with E-state index >= 15 is 0 Å². The van der Waals surface area contributed by atoms with E-state index in [-0.39, 0.29) is 16.5 Å². The third kappa shape index (κ3) is 3.06. The summed E-state index contributed by atoms with van der Waals surface area (Å²) in [5, 5.41) is 5.45. The second-order valence-corrected chi connectivity index (χ2v) is 6.13. The molecule has 0 saturated carbocycles.